The van der Waals surface area contributed by atoms with Gasteiger partial charge in [-0.15, -0.1) is 0 Å². The third-order valence-electron chi connectivity index (χ3n) is 3.08. The molecule has 0 aliphatic rings. The number of rotatable bonds is 5. The van der Waals surface area contributed by atoms with E-state index in [2.05, 4.69) is 22.2 Å². The maximum Gasteiger partial charge on any atom is 0.161 e. The molecule has 5 heteroatoms. The second-order valence-electron chi connectivity index (χ2n) is 4.53. The van der Waals surface area contributed by atoms with Crippen LogP contribution in [0.2, 0.25) is 0 Å². The monoisotopic (exact) mass is 273 g/mol. The van der Waals surface area contributed by atoms with E-state index in [-0.39, 0.29) is 6.04 Å². The van der Waals surface area contributed by atoms with Gasteiger partial charge in [0.15, 0.2) is 11.5 Å². The number of benzene rings is 1. The maximum absolute atomic E-state index is 5.32. The van der Waals surface area contributed by atoms with Crippen molar-refractivity contribution in [3.05, 3.63) is 41.9 Å². The minimum atomic E-state index is 0.101. The average molecular weight is 273 g/mol. The van der Waals surface area contributed by atoms with Crippen LogP contribution in [0.5, 0.6) is 11.5 Å². The molecule has 2 rings (SSSR count). The number of anilines is 1. The fraction of sp³-hybridized carbons (Fsp3) is 0.333. The van der Waals surface area contributed by atoms with Crippen LogP contribution in [-0.2, 0) is 0 Å². The van der Waals surface area contributed by atoms with Crippen LogP contribution in [0.3, 0.4) is 0 Å². The van der Waals surface area contributed by atoms with Gasteiger partial charge in [-0.1, -0.05) is 6.07 Å². The molecular formula is C15H19N3O2. The SMILES string of the molecule is COc1ccc(C(C)Nc2cc(C)ncn2)cc1OC. The Morgan fingerprint density at radius 3 is 2.45 bits per heavy atom. The number of methoxy groups -OCH3 is 2. The molecule has 0 aliphatic carbocycles. The molecule has 1 heterocycles. The Morgan fingerprint density at radius 2 is 1.80 bits per heavy atom. The van der Waals surface area contributed by atoms with Crippen molar-refractivity contribution in [2.24, 2.45) is 0 Å². The molecule has 1 N–H and O–H groups in total. The van der Waals surface area contributed by atoms with Crippen molar-refractivity contribution in [2.75, 3.05) is 19.5 Å². The van der Waals surface area contributed by atoms with E-state index in [0.717, 1.165) is 28.6 Å². The van der Waals surface area contributed by atoms with E-state index in [1.807, 2.05) is 31.2 Å². The number of ether oxygens (including phenoxy) is 2. The van der Waals surface area contributed by atoms with E-state index in [0.29, 0.717) is 0 Å². The topological polar surface area (TPSA) is 56.3 Å². The largest absolute Gasteiger partial charge is 0.493 e. The quantitative estimate of drug-likeness (QED) is 0.907. The van der Waals surface area contributed by atoms with Gasteiger partial charge in [0, 0.05) is 11.8 Å². The summed E-state index contributed by atoms with van der Waals surface area (Å²) in [5.74, 6) is 2.25. The number of nitrogens with one attached hydrogen (secondary N) is 1. The summed E-state index contributed by atoms with van der Waals surface area (Å²) in [5.41, 5.74) is 2.03. The Balaban J connectivity index is 2.18. The summed E-state index contributed by atoms with van der Waals surface area (Å²) in [6.45, 7) is 4.01. The summed E-state index contributed by atoms with van der Waals surface area (Å²) in [7, 11) is 3.26. The molecule has 20 heavy (non-hydrogen) atoms. The van der Waals surface area contributed by atoms with Crippen molar-refractivity contribution >= 4 is 5.82 Å². The second kappa shape index (κ2) is 6.23. The summed E-state index contributed by atoms with van der Waals surface area (Å²) in [6.07, 6.45) is 1.55. The van der Waals surface area contributed by atoms with Crippen molar-refractivity contribution in [1.82, 2.24) is 9.97 Å². The first-order valence-electron chi connectivity index (χ1n) is 6.41. The highest BCUT2D eigenvalue weighted by molar-refractivity contribution is 5.46. The predicted octanol–water partition coefficient (Wildman–Crippen LogP) is 2.98. The smallest absolute Gasteiger partial charge is 0.161 e. The zero-order chi connectivity index (χ0) is 14.5. The molecule has 1 aromatic heterocycles. The van der Waals surface area contributed by atoms with Crippen LogP contribution >= 0.6 is 0 Å². The first-order chi connectivity index (χ1) is 9.63. The normalized spacial score (nSPS) is 11.8. The van der Waals surface area contributed by atoms with Crippen LogP contribution in [0.4, 0.5) is 5.82 Å². The third-order valence-corrected chi connectivity index (χ3v) is 3.08. The van der Waals surface area contributed by atoms with E-state index >= 15 is 0 Å². The van der Waals surface area contributed by atoms with Gasteiger partial charge in [-0.2, -0.15) is 0 Å². The second-order valence-corrected chi connectivity index (χ2v) is 4.53. The minimum Gasteiger partial charge on any atom is -0.493 e. The summed E-state index contributed by atoms with van der Waals surface area (Å²) in [6, 6.07) is 7.89. The Hall–Kier alpha value is -2.30. The number of hydrogen-bond acceptors (Lipinski definition) is 5. The fourth-order valence-corrected chi connectivity index (χ4v) is 1.96. The average Bonchev–Trinajstić information content (AvgIpc) is 2.46. The highest BCUT2D eigenvalue weighted by atomic mass is 16.5. The molecule has 0 spiro atoms. The van der Waals surface area contributed by atoms with E-state index in [1.54, 1.807) is 20.5 Å². The van der Waals surface area contributed by atoms with Gasteiger partial charge < -0.3 is 14.8 Å². The third kappa shape index (κ3) is 3.17. The summed E-state index contributed by atoms with van der Waals surface area (Å²) in [4.78, 5) is 8.29. The lowest BCUT2D eigenvalue weighted by atomic mass is 10.1. The number of aromatic nitrogens is 2. The van der Waals surface area contributed by atoms with E-state index < -0.39 is 0 Å². The van der Waals surface area contributed by atoms with E-state index in [4.69, 9.17) is 9.47 Å². The lowest BCUT2D eigenvalue weighted by Crippen LogP contribution is -2.08. The van der Waals surface area contributed by atoms with E-state index in [1.165, 1.54) is 0 Å². The lowest BCUT2D eigenvalue weighted by Gasteiger charge is -2.17. The Morgan fingerprint density at radius 1 is 1.05 bits per heavy atom. The van der Waals surface area contributed by atoms with Crippen molar-refractivity contribution in [1.29, 1.82) is 0 Å². The molecule has 0 fully saturated rings. The van der Waals surface area contributed by atoms with Gasteiger partial charge in [0.05, 0.1) is 20.3 Å². The molecule has 5 nitrogen and oxygen atoms in total. The Labute approximate surface area is 119 Å². The first-order valence-corrected chi connectivity index (χ1v) is 6.41. The molecule has 0 saturated heterocycles. The van der Waals surface area contributed by atoms with Gasteiger partial charge in [-0.05, 0) is 31.5 Å². The molecule has 106 valence electrons. The van der Waals surface area contributed by atoms with Crippen LogP contribution in [0, 0.1) is 6.92 Å². The molecule has 0 amide bonds. The van der Waals surface area contributed by atoms with Crippen molar-refractivity contribution in [3.8, 4) is 11.5 Å². The number of nitrogens with zero attached hydrogens (tertiary/aromatic N) is 2. The van der Waals surface area contributed by atoms with Crippen LogP contribution < -0.4 is 14.8 Å². The highest BCUT2D eigenvalue weighted by Crippen LogP contribution is 2.30. The van der Waals surface area contributed by atoms with Crippen molar-refractivity contribution < 1.29 is 9.47 Å². The predicted molar refractivity (Wildman–Crippen MR) is 78.4 cm³/mol. The summed E-state index contributed by atoms with van der Waals surface area (Å²) in [5, 5.41) is 3.34. The van der Waals surface area contributed by atoms with E-state index in [9.17, 15) is 0 Å². The van der Waals surface area contributed by atoms with Gasteiger partial charge in [-0.3, -0.25) is 0 Å². The van der Waals surface area contributed by atoms with Gasteiger partial charge in [-0.25, -0.2) is 9.97 Å². The molecular weight excluding hydrogens is 254 g/mol. The molecule has 0 bridgehead atoms. The lowest BCUT2D eigenvalue weighted by molar-refractivity contribution is 0.354. The molecule has 0 radical (unpaired) electrons. The van der Waals surface area contributed by atoms with Gasteiger partial charge in [0.25, 0.3) is 0 Å². The standard InChI is InChI=1S/C15H19N3O2/c1-10-7-15(17-9-16-10)18-11(2)12-5-6-13(19-3)14(8-12)20-4/h5-9,11H,1-4H3,(H,16,17,18). The van der Waals surface area contributed by atoms with Crippen molar-refractivity contribution in [2.45, 2.75) is 19.9 Å². The molecule has 0 saturated carbocycles. The molecule has 2 aromatic rings. The molecule has 1 aromatic carbocycles. The zero-order valence-corrected chi connectivity index (χ0v) is 12.2. The van der Waals surface area contributed by atoms with Crippen LogP contribution in [0.1, 0.15) is 24.2 Å². The molecule has 1 atom stereocenters. The molecule has 0 aliphatic heterocycles. The van der Waals surface area contributed by atoms with Crippen LogP contribution in [0.25, 0.3) is 0 Å². The minimum absolute atomic E-state index is 0.101. The number of aryl methyl sites for hydroxylation is 1. The Kier molecular flexibility index (Phi) is 4.40. The Bertz CT molecular complexity index is 587. The van der Waals surface area contributed by atoms with Gasteiger partial charge >= 0.3 is 0 Å². The maximum atomic E-state index is 5.32. The summed E-state index contributed by atoms with van der Waals surface area (Å²) < 4.78 is 10.6. The highest BCUT2D eigenvalue weighted by Gasteiger charge is 2.10. The van der Waals surface area contributed by atoms with Crippen LogP contribution in [0.15, 0.2) is 30.6 Å². The fourth-order valence-electron chi connectivity index (χ4n) is 1.96. The van der Waals surface area contributed by atoms with Crippen LogP contribution in [-0.4, -0.2) is 24.2 Å². The van der Waals surface area contributed by atoms with Gasteiger partial charge in [0.1, 0.15) is 12.1 Å². The zero-order valence-electron chi connectivity index (χ0n) is 12.2. The first kappa shape index (κ1) is 14.1. The molecule has 1 unspecified atom stereocenters. The summed E-state index contributed by atoms with van der Waals surface area (Å²) >= 11 is 0. The van der Waals surface area contributed by atoms with Crippen molar-refractivity contribution in [3.63, 3.8) is 0 Å². The number of hydrogen-bond donors (Lipinski definition) is 1. The van der Waals surface area contributed by atoms with Gasteiger partial charge in [0.2, 0.25) is 0 Å².